The van der Waals surface area contributed by atoms with Crippen LogP contribution in [0.3, 0.4) is 0 Å². The summed E-state index contributed by atoms with van der Waals surface area (Å²) < 4.78 is 5.56. The van der Waals surface area contributed by atoms with Gasteiger partial charge in [0.1, 0.15) is 0 Å². The molecule has 0 spiro atoms. The molecule has 0 aliphatic carbocycles. The molecule has 0 N–H and O–H groups in total. The zero-order valence-electron chi connectivity index (χ0n) is 16.4. The van der Waals surface area contributed by atoms with Crippen LogP contribution in [0.1, 0.15) is 65.4 Å². The number of benzene rings is 1. The number of hydrogen-bond donors (Lipinski definition) is 0. The van der Waals surface area contributed by atoms with Crippen molar-refractivity contribution in [2.75, 3.05) is 19.7 Å². The van der Waals surface area contributed by atoms with Crippen molar-refractivity contribution in [2.24, 2.45) is 5.41 Å². The molecule has 0 aromatic heterocycles. The molecule has 1 aromatic rings. The van der Waals surface area contributed by atoms with Crippen LogP contribution in [0.25, 0.3) is 0 Å². The Morgan fingerprint density at radius 1 is 1.27 bits per heavy atom. The summed E-state index contributed by atoms with van der Waals surface area (Å²) >= 11 is 12.4. The Hall–Kier alpha value is -0.930. The molecular weight excluding hydrogens is 369 g/mol. The van der Waals surface area contributed by atoms with Gasteiger partial charge in [-0.05, 0) is 42.4 Å². The first kappa shape index (κ1) is 21.4. The summed E-state index contributed by atoms with van der Waals surface area (Å²) in [5, 5.41) is 1.14. The van der Waals surface area contributed by atoms with Crippen LogP contribution in [-0.2, 0) is 10.2 Å². The molecule has 1 atom stereocenters. The first-order valence-electron chi connectivity index (χ1n) is 9.54. The van der Waals surface area contributed by atoms with Crippen LogP contribution >= 0.6 is 23.2 Å². The number of halogens is 2. The smallest absolute Gasteiger partial charge is 0.409 e. The average molecular weight is 400 g/mol. The summed E-state index contributed by atoms with van der Waals surface area (Å²) in [5.74, 6) is 0. The number of likely N-dealkylation sites (tertiary alicyclic amines) is 1. The summed E-state index contributed by atoms with van der Waals surface area (Å²) in [6.45, 7) is 10.2. The predicted molar refractivity (Wildman–Crippen MR) is 109 cm³/mol. The molecular formula is C21H31Cl2NO2. The second kappa shape index (κ2) is 8.84. The maximum atomic E-state index is 12.6. The standard InChI is InChI=1S/C21H31Cl2NO2/c1-5-6-10-21(16-8-9-17(22)18(23)13-16)11-7-12-24(14-21)19(25)26-15-20(2,3)4/h8-9,13H,5-7,10-12,14-15H2,1-4H3. The van der Waals surface area contributed by atoms with Gasteiger partial charge in [-0.3, -0.25) is 0 Å². The summed E-state index contributed by atoms with van der Waals surface area (Å²) in [6, 6.07) is 5.90. The van der Waals surface area contributed by atoms with Crippen LogP contribution in [0.2, 0.25) is 10.0 Å². The first-order valence-corrected chi connectivity index (χ1v) is 10.3. The molecule has 1 aliphatic heterocycles. The fourth-order valence-corrected chi connectivity index (χ4v) is 3.88. The van der Waals surface area contributed by atoms with Crippen molar-refractivity contribution in [1.82, 2.24) is 4.90 Å². The molecule has 1 unspecified atom stereocenters. The lowest BCUT2D eigenvalue weighted by molar-refractivity contribution is 0.0527. The lowest BCUT2D eigenvalue weighted by atomic mass is 9.71. The highest BCUT2D eigenvalue weighted by Crippen LogP contribution is 2.40. The number of hydrogen-bond acceptors (Lipinski definition) is 2. The Kier molecular flexibility index (Phi) is 7.27. The molecule has 1 aliphatic rings. The highest BCUT2D eigenvalue weighted by Gasteiger charge is 2.39. The van der Waals surface area contributed by atoms with Gasteiger partial charge in [-0.1, -0.05) is 69.8 Å². The second-order valence-electron chi connectivity index (χ2n) is 8.65. The number of amides is 1. The predicted octanol–water partition coefficient (Wildman–Crippen LogP) is 6.70. The third kappa shape index (κ3) is 5.53. The molecule has 1 fully saturated rings. The summed E-state index contributed by atoms with van der Waals surface area (Å²) in [5.41, 5.74) is 1.06. The average Bonchev–Trinajstić information content (AvgIpc) is 2.59. The second-order valence-corrected chi connectivity index (χ2v) is 9.47. The Labute approximate surface area is 168 Å². The van der Waals surface area contributed by atoms with E-state index in [1.54, 1.807) is 0 Å². The van der Waals surface area contributed by atoms with Gasteiger partial charge in [0.25, 0.3) is 0 Å². The summed E-state index contributed by atoms with van der Waals surface area (Å²) in [4.78, 5) is 14.5. The minimum Gasteiger partial charge on any atom is -0.449 e. The molecule has 3 nitrogen and oxygen atoms in total. The highest BCUT2D eigenvalue weighted by molar-refractivity contribution is 6.42. The van der Waals surface area contributed by atoms with E-state index in [0.717, 1.165) is 38.6 Å². The SMILES string of the molecule is CCCCC1(c2ccc(Cl)c(Cl)c2)CCCN(C(=O)OCC(C)(C)C)C1. The Bertz CT molecular complexity index is 627. The van der Waals surface area contributed by atoms with E-state index < -0.39 is 0 Å². The monoisotopic (exact) mass is 399 g/mol. The van der Waals surface area contributed by atoms with E-state index in [9.17, 15) is 4.79 Å². The van der Waals surface area contributed by atoms with Gasteiger partial charge in [-0.15, -0.1) is 0 Å². The topological polar surface area (TPSA) is 29.5 Å². The van der Waals surface area contributed by atoms with Crippen LogP contribution in [0.15, 0.2) is 18.2 Å². The summed E-state index contributed by atoms with van der Waals surface area (Å²) in [6.07, 6.45) is 5.08. The van der Waals surface area contributed by atoms with Crippen LogP contribution < -0.4 is 0 Å². The van der Waals surface area contributed by atoms with Crippen LogP contribution in [0.4, 0.5) is 4.79 Å². The van der Waals surface area contributed by atoms with Gasteiger partial charge in [-0.2, -0.15) is 0 Å². The quantitative estimate of drug-likeness (QED) is 0.550. The zero-order chi connectivity index (χ0) is 19.4. The molecule has 0 saturated carbocycles. The normalized spacial score (nSPS) is 20.9. The largest absolute Gasteiger partial charge is 0.449 e. The molecule has 1 aromatic carbocycles. The Balaban J connectivity index is 2.22. The molecule has 0 bridgehead atoms. The number of rotatable bonds is 5. The molecule has 26 heavy (non-hydrogen) atoms. The fourth-order valence-electron chi connectivity index (χ4n) is 3.58. The number of carbonyl (C=O) groups is 1. The van der Waals surface area contributed by atoms with Gasteiger partial charge in [0.05, 0.1) is 16.7 Å². The third-order valence-electron chi connectivity index (χ3n) is 5.00. The van der Waals surface area contributed by atoms with E-state index in [1.807, 2.05) is 17.0 Å². The first-order chi connectivity index (χ1) is 12.2. The van der Waals surface area contributed by atoms with E-state index >= 15 is 0 Å². The lowest BCUT2D eigenvalue weighted by Crippen LogP contribution is -2.49. The highest BCUT2D eigenvalue weighted by atomic mass is 35.5. The molecule has 1 amide bonds. The van der Waals surface area contributed by atoms with Gasteiger partial charge in [0.15, 0.2) is 0 Å². The number of piperidine rings is 1. The van der Waals surface area contributed by atoms with Crippen LogP contribution in [-0.4, -0.2) is 30.7 Å². The van der Waals surface area contributed by atoms with E-state index in [-0.39, 0.29) is 16.9 Å². The van der Waals surface area contributed by atoms with Gasteiger partial charge in [0, 0.05) is 18.5 Å². The van der Waals surface area contributed by atoms with Gasteiger partial charge < -0.3 is 9.64 Å². The molecule has 146 valence electrons. The molecule has 5 heteroatoms. The lowest BCUT2D eigenvalue weighted by Gasteiger charge is -2.43. The number of unbranched alkanes of at least 4 members (excludes halogenated alkanes) is 1. The maximum absolute atomic E-state index is 12.6. The van der Waals surface area contributed by atoms with Crippen molar-refractivity contribution < 1.29 is 9.53 Å². The van der Waals surface area contributed by atoms with Crippen molar-refractivity contribution in [3.8, 4) is 0 Å². The minimum atomic E-state index is -0.208. The fraction of sp³-hybridized carbons (Fsp3) is 0.667. The number of nitrogens with zero attached hydrogens (tertiary/aromatic N) is 1. The molecule has 0 radical (unpaired) electrons. The zero-order valence-corrected chi connectivity index (χ0v) is 17.9. The van der Waals surface area contributed by atoms with Crippen molar-refractivity contribution in [3.05, 3.63) is 33.8 Å². The maximum Gasteiger partial charge on any atom is 0.409 e. The van der Waals surface area contributed by atoms with Crippen molar-refractivity contribution >= 4 is 29.3 Å². The van der Waals surface area contributed by atoms with Crippen molar-refractivity contribution in [3.63, 3.8) is 0 Å². The van der Waals surface area contributed by atoms with Crippen molar-refractivity contribution in [1.29, 1.82) is 0 Å². The molecule has 1 saturated heterocycles. The summed E-state index contributed by atoms with van der Waals surface area (Å²) in [7, 11) is 0. The van der Waals surface area contributed by atoms with E-state index in [0.29, 0.717) is 23.2 Å². The number of ether oxygens (including phenoxy) is 1. The Morgan fingerprint density at radius 3 is 2.62 bits per heavy atom. The number of carbonyl (C=O) groups excluding carboxylic acids is 1. The van der Waals surface area contributed by atoms with E-state index in [1.165, 1.54) is 5.56 Å². The van der Waals surface area contributed by atoms with Crippen LogP contribution in [0.5, 0.6) is 0 Å². The van der Waals surface area contributed by atoms with Gasteiger partial charge in [-0.25, -0.2) is 4.79 Å². The van der Waals surface area contributed by atoms with E-state index in [2.05, 4.69) is 33.8 Å². The Morgan fingerprint density at radius 2 is 2.00 bits per heavy atom. The van der Waals surface area contributed by atoms with Crippen molar-refractivity contribution in [2.45, 2.75) is 65.2 Å². The minimum absolute atomic E-state index is 0.0333. The van der Waals surface area contributed by atoms with Gasteiger partial charge >= 0.3 is 6.09 Å². The van der Waals surface area contributed by atoms with Gasteiger partial charge in [0.2, 0.25) is 0 Å². The molecule has 2 rings (SSSR count). The third-order valence-corrected chi connectivity index (χ3v) is 5.74. The molecule has 1 heterocycles. The van der Waals surface area contributed by atoms with Crippen LogP contribution in [0, 0.1) is 5.41 Å². The van der Waals surface area contributed by atoms with E-state index in [4.69, 9.17) is 27.9 Å².